The average molecular weight is 252 g/mol. The average Bonchev–Trinajstić information content (AvgIpc) is 2.94. The number of hydrogen-bond acceptors (Lipinski definition) is 1. The molecule has 3 heteroatoms. The fraction of sp³-hybridized carbons (Fsp3) is 0.188. The lowest BCUT2D eigenvalue weighted by atomic mass is 10.2. The molecule has 0 unspecified atom stereocenters. The summed E-state index contributed by atoms with van der Waals surface area (Å²) in [6, 6.07) is 8.04. The molecule has 3 rings (SSSR count). The van der Waals surface area contributed by atoms with Crippen LogP contribution in [0.25, 0.3) is 16.8 Å². The van der Waals surface area contributed by atoms with Gasteiger partial charge in [-0.1, -0.05) is 0 Å². The maximum absolute atomic E-state index is 10.8. The Morgan fingerprint density at radius 1 is 1.16 bits per heavy atom. The van der Waals surface area contributed by atoms with Crippen LogP contribution in [0.3, 0.4) is 0 Å². The molecule has 96 valence electrons. The summed E-state index contributed by atoms with van der Waals surface area (Å²) in [6.45, 7) is 4.25. The van der Waals surface area contributed by atoms with Crippen LogP contribution in [0.4, 0.5) is 0 Å². The van der Waals surface area contributed by atoms with E-state index in [-0.39, 0.29) is 0 Å². The predicted molar refractivity (Wildman–Crippen MR) is 76.7 cm³/mol. The van der Waals surface area contributed by atoms with Gasteiger partial charge in [-0.3, -0.25) is 4.79 Å². The van der Waals surface area contributed by atoms with Crippen LogP contribution in [0.5, 0.6) is 0 Å². The number of pyridine rings is 1. The lowest BCUT2D eigenvalue weighted by Gasteiger charge is -2.02. The molecule has 0 aliphatic carbocycles. The molecule has 3 heterocycles. The van der Waals surface area contributed by atoms with E-state index in [1.54, 1.807) is 0 Å². The van der Waals surface area contributed by atoms with E-state index >= 15 is 0 Å². The first-order valence-corrected chi connectivity index (χ1v) is 6.30. The maximum Gasteiger partial charge on any atom is 0.150 e. The minimum atomic E-state index is 0.705. The highest BCUT2D eigenvalue weighted by atomic mass is 16.1. The molecule has 3 nitrogen and oxygen atoms in total. The number of aldehydes is 1. The largest absolute Gasteiger partial charge is 0.348 e. The Morgan fingerprint density at radius 3 is 2.58 bits per heavy atom. The normalized spacial score (nSPS) is 11.1. The molecule has 0 amide bonds. The lowest BCUT2D eigenvalue weighted by molar-refractivity contribution is 0.112. The maximum atomic E-state index is 10.8. The fourth-order valence-electron chi connectivity index (χ4n) is 2.47. The molecule has 19 heavy (non-hydrogen) atoms. The van der Waals surface area contributed by atoms with Crippen molar-refractivity contribution in [3.05, 3.63) is 53.5 Å². The van der Waals surface area contributed by atoms with Crippen molar-refractivity contribution in [2.75, 3.05) is 0 Å². The van der Waals surface area contributed by atoms with Crippen LogP contribution < -0.4 is 0 Å². The Morgan fingerprint density at radius 2 is 1.95 bits per heavy atom. The second kappa shape index (κ2) is 4.12. The predicted octanol–water partition coefficient (Wildman–Crippen LogP) is 3.37. The van der Waals surface area contributed by atoms with Crippen molar-refractivity contribution in [1.29, 1.82) is 0 Å². The second-order valence-electron chi connectivity index (χ2n) is 5.00. The van der Waals surface area contributed by atoms with Gasteiger partial charge >= 0.3 is 0 Å². The number of hydrogen-bond donors (Lipinski definition) is 0. The minimum Gasteiger partial charge on any atom is -0.348 e. The summed E-state index contributed by atoms with van der Waals surface area (Å²) in [5, 5.41) is 0. The molecule has 0 radical (unpaired) electrons. The molecular formula is C16H16N2O. The van der Waals surface area contributed by atoms with E-state index in [1.165, 1.54) is 22.5 Å². The van der Waals surface area contributed by atoms with Crippen molar-refractivity contribution in [1.82, 2.24) is 8.97 Å². The van der Waals surface area contributed by atoms with Gasteiger partial charge in [0.25, 0.3) is 0 Å². The van der Waals surface area contributed by atoms with E-state index in [0.717, 1.165) is 11.8 Å². The molecular weight excluding hydrogens is 236 g/mol. The van der Waals surface area contributed by atoms with Crippen molar-refractivity contribution in [3.8, 4) is 11.3 Å². The zero-order chi connectivity index (χ0) is 13.6. The zero-order valence-corrected chi connectivity index (χ0v) is 11.3. The van der Waals surface area contributed by atoms with E-state index in [2.05, 4.69) is 43.8 Å². The standard InChI is InChI=1S/C16H16N2O/c1-11-6-16(17(3)12(11)2)14-8-15-7-13(10-19)4-5-18(15)9-14/h4-10H,1-3H3. The third-order valence-electron chi connectivity index (χ3n) is 3.84. The Balaban J connectivity index is 2.20. The van der Waals surface area contributed by atoms with Crippen molar-refractivity contribution in [3.63, 3.8) is 0 Å². The van der Waals surface area contributed by atoms with Gasteiger partial charge in [-0.2, -0.15) is 0 Å². The van der Waals surface area contributed by atoms with Gasteiger partial charge in [-0.25, -0.2) is 0 Å². The Labute approximate surface area is 112 Å². The van der Waals surface area contributed by atoms with Crippen LogP contribution in [-0.4, -0.2) is 15.3 Å². The highest BCUT2D eigenvalue weighted by Crippen LogP contribution is 2.26. The summed E-state index contributed by atoms with van der Waals surface area (Å²) in [4.78, 5) is 10.8. The zero-order valence-electron chi connectivity index (χ0n) is 11.3. The number of carbonyl (C=O) groups is 1. The number of aromatic nitrogens is 2. The summed E-state index contributed by atoms with van der Waals surface area (Å²) >= 11 is 0. The number of rotatable bonds is 2. The van der Waals surface area contributed by atoms with E-state index in [4.69, 9.17) is 0 Å². The van der Waals surface area contributed by atoms with Crippen LogP contribution in [0.2, 0.25) is 0 Å². The minimum absolute atomic E-state index is 0.705. The Bertz CT molecular complexity index is 777. The number of aryl methyl sites for hydroxylation is 1. The van der Waals surface area contributed by atoms with E-state index < -0.39 is 0 Å². The summed E-state index contributed by atoms with van der Waals surface area (Å²) < 4.78 is 4.24. The van der Waals surface area contributed by atoms with Gasteiger partial charge in [0.05, 0.1) is 0 Å². The molecule has 0 N–H and O–H groups in total. The summed E-state index contributed by atoms with van der Waals surface area (Å²) in [5.74, 6) is 0. The van der Waals surface area contributed by atoms with Crippen molar-refractivity contribution >= 4 is 11.8 Å². The van der Waals surface area contributed by atoms with Crippen LogP contribution in [-0.2, 0) is 7.05 Å². The molecule has 0 aliphatic heterocycles. The first-order valence-electron chi connectivity index (χ1n) is 6.30. The molecule has 0 bridgehead atoms. The SMILES string of the molecule is Cc1cc(-c2cc3cc(C=O)ccn3c2)n(C)c1C. The van der Waals surface area contributed by atoms with Gasteiger partial charge in [-0.15, -0.1) is 0 Å². The molecule has 0 saturated carbocycles. The van der Waals surface area contributed by atoms with Crippen LogP contribution >= 0.6 is 0 Å². The number of fused-ring (bicyclic) bond motifs is 1. The van der Waals surface area contributed by atoms with Gasteiger partial charge in [-0.05, 0) is 43.7 Å². The molecule has 0 aliphatic rings. The van der Waals surface area contributed by atoms with Crippen LogP contribution in [0, 0.1) is 13.8 Å². The van der Waals surface area contributed by atoms with E-state index in [0.29, 0.717) is 5.56 Å². The highest BCUT2D eigenvalue weighted by molar-refractivity contribution is 5.79. The second-order valence-corrected chi connectivity index (χ2v) is 5.00. The number of nitrogens with zero attached hydrogens (tertiary/aromatic N) is 2. The van der Waals surface area contributed by atoms with Crippen molar-refractivity contribution in [2.24, 2.45) is 7.05 Å². The summed E-state index contributed by atoms with van der Waals surface area (Å²) in [6.07, 6.45) is 4.90. The van der Waals surface area contributed by atoms with Crippen molar-refractivity contribution in [2.45, 2.75) is 13.8 Å². The molecule has 3 aromatic rings. The van der Waals surface area contributed by atoms with Gasteiger partial charge in [0.2, 0.25) is 0 Å². The summed E-state index contributed by atoms with van der Waals surface area (Å²) in [5.41, 5.74) is 6.68. The smallest absolute Gasteiger partial charge is 0.150 e. The third-order valence-corrected chi connectivity index (χ3v) is 3.84. The molecule has 3 aromatic heterocycles. The van der Waals surface area contributed by atoms with E-state index in [9.17, 15) is 4.79 Å². The van der Waals surface area contributed by atoms with E-state index in [1.807, 2.05) is 22.7 Å². The molecule has 0 atom stereocenters. The van der Waals surface area contributed by atoms with Gasteiger partial charge < -0.3 is 8.97 Å². The summed E-state index contributed by atoms with van der Waals surface area (Å²) in [7, 11) is 2.08. The van der Waals surface area contributed by atoms with Crippen LogP contribution in [0.1, 0.15) is 21.6 Å². The Kier molecular flexibility index (Phi) is 2.56. The molecule has 0 spiro atoms. The van der Waals surface area contributed by atoms with Crippen LogP contribution in [0.15, 0.2) is 36.7 Å². The molecule has 0 aromatic carbocycles. The molecule has 0 fully saturated rings. The third kappa shape index (κ3) is 1.78. The number of carbonyl (C=O) groups excluding carboxylic acids is 1. The van der Waals surface area contributed by atoms with Gasteiger partial charge in [0.1, 0.15) is 6.29 Å². The van der Waals surface area contributed by atoms with Gasteiger partial charge in [0.15, 0.2) is 0 Å². The van der Waals surface area contributed by atoms with Gasteiger partial charge in [0, 0.05) is 47.5 Å². The first kappa shape index (κ1) is 11.8. The molecule has 0 saturated heterocycles. The quantitative estimate of drug-likeness (QED) is 0.642. The fourth-order valence-corrected chi connectivity index (χ4v) is 2.47. The Hall–Kier alpha value is -2.29. The first-order chi connectivity index (χ1) is 9.10. The topological polar surface area (TPSA) is 26.4 Å². The monoisotopic (exact) mass is 252 g/mol. The lowest BCUT2D eigenvalue weighted by Crippen LogP contribution is -1.93. The van der Waals surface area contributed by atoms with Crippen molar-refractivity contribution < 1.29 is 4.79 Å². The highest BCUT2D eigenvalue weighted by Gasteiger charge is 2.10.